The molecule has 0 radical (unpaired) electrons. The molecule has 0 N–H and O–H groups in total. The SMILES string of the molecule is COc1ccc2c(c1)C1CCC3OC4CC[n+]5c(sc6ccc(OC)cc65)C4=CC3=C1S2. The minimum atomic E-state index is 0.199. The van der Waals surface area contributed by atoms with E-state index in [1.54, 1.807) is 14.2 Å². The first-order valence-corrected chi connectivity index (χ1v) is 12.8. The van der Waals surface area contributed by atoms with Gasteiger partial charge in [-0.15, -0.1) is 0 Å². The number of hydrogen-bond donors (Lipinski definition) is 0. The summed E-state index contributed by atoms with van der Waals surface area (Å²) < 4.78 is 21.5. The van der Waals surface area contributed by atoms with E-state index in [0.717, 1.165) is 37.3 Å². The number of benzene rings is 2. The minimum absolute atomic E-state index is 0.199. The van der Waals surface area contributed by atoms with Gasteiger partial charge >= 0.3 is 0 Å². The van der Waals surface area contributed by atoms with Crippen molar-refractivity contribution < 1.29 is 18.8 Å². The lowest BCUT2D eigenvalue weighted by atomic mass is 9.81. The van der Waals surface area contributed by atoms with Gasteiger partial charge in [-0.1, -0.05) is 23.1 Å². The average Bonchev–Trinajstić information content (AvgIpc) is 3.40. The molecule has 0 spiro atoms. The maximum atomic E-state index is 6.75. The van der Waals surface area contributed by atoms with E-state index < -0.39 is 0 Å². The van der Waals surface area contributed by atoms with Crippen molar-refractivity contribution in [1.29, 1.82) is 0 Å². The Kier molecular flexibility index (Phi) is 4.27. The van der Waals surface area contributed by atoms with Crippen molar-refractivity contribution in [2.45, 2.75) is 48.8 Å². The maximum Gasteiger partial charge on any atom is 0.268 e. The first-order valence-electron chi connectivity index (χ1n) is 11.2. The lowest BCUT2D eigenvalue weighted by Gasteiger charge is -2.37. The predicted molar refractivity (Wildman–Crippen MR) is 128 cm³/mol. The molecule has 0 amide bonds. The van der Waals surface area contributed by atoms with Gasteiger partial charge in [-0.2, -0.15) is 4.57 Å². The molecule has 4 nitrogen and oxygen atoms in total. The second-order valence-electron chi connectivity index (χ2n) is 8.85. The Morgan fingerprint density at radius 2 is 1.81 bits per heavy atom. The van der Waals surface area contributed by atoms with Gasteiger partial charge in [0.25, 0.3) is 5.01 Å². The third-order valence-electron chi connectivity index (χ3n) is 7.23. The van der Waals surface area contributed by atoms with Gasteiger partial charge in [0.1, 0.15) is 16.2 Å². The van der Waals surface area contributed by atoms with Crippen LogP contribution in [0.15, 0.2) is 57.8 Å². The van der Waals surface area contributed by atoms with Gasteiger partial charge in [0.2, 0.25) is 5.52 Å². The molecule has 1 aromatic heterocycles. The topological polar surface area (TPSA) is 31.6 Å². The quantitative estimate of drug-likeness (QED) is 0.458. The van der Waals surface area contributed by atoms with Crippen molar-refractivity contribution in [3.05, 3.63) is 63.5 Å². The van der Waals surface area contributed by atoms with Gasteiger partial charge in [-0.3, -0.25) is 0 Å². The van der Waals surface area contributed by atoms with Crippen LogP contribution in [0, 0.1) is 0 Å². The van der Waals surface area contributed by atoms with E-state index in [2.05, 4.69) is 47.0 Å². The molecule has 0 saturated carbocycles. The van der Waals surface area contributed by atoms with Crippen LogP contribution in [-0.2, 0) is 11.3 Å². The Bertz CT molecular complexity index is 1340. The predicted octanol–water partition coefficient (Wildman–Crippen LogP) is 5.70. The fourth-order valence-corrected chi connectivity index (χ4v) is 8.28. The number of nitrogens with zero attached hydrogens (tertiary/aromatic N) is 1. The van der Waals surface area contributed by atoms with E-state index in [1.807, 2.05) is 23.1 Å². The molecule has 0 bridgehead atoms. The van der Waals surface area contributed by atoms with Crippen LogP contribution in [0.4, 0.5) is 0 Å². The minimum Gasteiger partial charge on any atom is -0.497 e. The van der Waals surface area contributed by atoms with Crippen LogP contribution in [0.1, 0.15) is 35.8 Å². The van der Waals surface area contributed by atoms with Gasteiger partial charge in [0.15, 0.2) is 6.54 Å². The number of thioether (sulfide) groups is 1. The molecule has 0 saturated heterocycles. The van der Waals surface area contributed by atoms with Gasteiger partial charge in [-0.25, -0.2) is 0 Å². The molecule has 32 heavy (non-hydrogen) atoms. The molecule has 2 aromatic carbocycles. The fourth-order valence-electron chi connectivity index (χ4n) is 5.66. The lowest BCUT2D eigenvalue weighted by Crippen LogP contribution is -2.46. The Balaban J connectivity index is 1.37. The highest BCUT2D eigenvalue weighted by Crippen LogP contribution is 2.57. The molecular formula is C26H24NO3S2+. The summed E-state index contributed by atoms with van der Waals surface area (Å²) in [5.41, 5.74) is 5.43. The molecule has 6 heteroatoms. The van der Waals surface area contributed by atoms with E-state index in [4.69, 9.17) is 14.2 Å². The van der Waals surface area contributed by atoms with Gasteiger partial charge in [0, 0.05) is 22.1 Å². The summed E-state index contributed by atoms with van der Waals surface area (Å²) in [6.07, 6.45) is 6.16. The van der Waals surface area contributed by atoms with Crippen LogP contribution in [0.25, 0.3) is 15.8 Å². The molecule has 162 valence electrons. The van der Waals surface area contributed by atoms with Crippen molar-refractivity contribution in [3.63, 3.8) is 0 Å². The number of aryl methyl sites for hydroxylation is 1. The molecule has 7 rings (SSSR count). The summed E-state index contributed by atoms with van der Waals surface area (Å²) in [6, 6.07) is 12.9. The third-order valence-corrected chi connectivity index (χ3v) is 9.78. The molecule has 4 aliphatic rings. The zero-order valence-corrected chi connectivity index (χ0v) is 19.7. The average molecular weight is 463 g/mol. The van der Waals surface area contributed by atoms with Crippen molar-refractivity contribution in [2.75, 3.05) is 14.2 Å². The summed E-state index contributed by atoms with van der Waals surface area (Å²) in [7, 11) is 3.48. The highest BCUT2D eigenvalue weighted by atomic mass is 32.2. The Labute approximate surface area is 195 Å². The normalized spacial score (nSPS) is 25.4. The van der Waals surface area contributed by atoms with Crippen molar-refractivity contribution in [2.24, 2.45) is 0 Å². The second kappa shape index (κ2) is 7.11. The number of thiazole rings is 1. The number of methoxy groups -OCH3 is 2. The first-order chi connectivity index (χ1) is 15.7. The van der Waals surface area contributed by atoms with Gasteiger partial charge in [0.05, 0.1) is 38.1 Å². The maximum absolute atomic E-state index is 6.75. The number of fused-ring (bicyclic) bond motifs is 9. The number of hydrogen-bond acceptors (Lipinski definition) is 5. The third kappa shape index (κ3) is 2.69. The zero-order chi connectivity index (χ0) is 21.4. The van der Waals surface area contributed by atoms with Crippen LogP contribution in [-0.4, -0.2) is 26.4 Å². The van der Waals surface area contributed by atoms with Crippen LogP contribution in [0.2, 0.25) is 0 Å². The van der Waals surface area contributed by atoms with Crippen LogP contribution in [0.5, 0.6) is 11.5 Å². The molecule has 0 fully saturated rings. The molecule has 1 aliphatic carbocycles. The molecule has 3 aromatic rings. The molecule has 3 unspecified atom stereocenters. The Morgan fingerprint density at radius 3 is 2.69 bits per heavy atom. The molecular weight excluding hydrogens is 438 g/mol. The van der Waals surface area contributed by atoms with Gasteiger partial charge < -0.3 is 14.2 Å². The largest absolute Gasteiger partial charge is 0.497 e. The van der Waals surface area contributed by atoms with Crippen LogP contribution in [0.3, 0.4) is 0 Å². The van der Waals surface area contributed by atoms with E-state index >= 15 is 0 Å². The fraction of sp³-hybridized carbons (Fsp3) is 0.346. The van der Waals surface area contributed by atoms with Crippen molar-refractivity contribution >= 4 is 38.9 Å². The standard InChI is InChI=1S/C26H24NO3S2/c1-28-14-3-7-23-17(11-14)16-5-6-21-18(25(16)31-23)13-19-22(30-21)9-10-27-20-12-15(29-2)4-8-24(20)32-26(19)27/h3-4,7-8,11-13,16,21-22H,5-6,9-10H2,1-2H3/q+1. The van der Waals surface area contributed by atoms with E-state index in [-0.39, 0.29) is 12.2 Å². The van der Waals surface area contributed by atoms with E-state index in [0.29, 0.717) is 5.92 Å². The second-order valence-corrected chi connectivity index (χ2v) is 11.0. The summed E-state index contributed by atoms with van der Waals surface area (Å²) in [6.45, 7) is 0.992. The Morgan fingerprint density at radius 1 is 0.969 bits per heavy atom. The number of rotatable bonds is 2. The molecule has 4 heterocycles. The highest BCUT2D eigenvalue weighted by molar-refractivity contribution is 8.03. The zero-order valence-electron chi connectivity index (χ0n) is 18.1. The van der Waals surface area contributed by atoms with Gasteiger partial charge in [-0.05, 0) is 60.4 Å². The molecule has 3 atom stereocenters. The summed E-state index contributed by atoms with van der Waals surface area (Å²) in [5, 5.41) is 1.33. The lowest BCUT2D eigenvalue weighted by molar-refractivity contribution is -0.674. The monoisotopic (exact) mass is 462 g/mol. The highest BCUT2D eigenvalue weighted by Gasteiger charge is 2.44. The van der Waals surface area contributed by atoms with Crippen LogP contribution < -0.4 is 14.0 Å². The number of allylic oxidation sites excluding steroid dienone is 1. The Hall–Kier alpha value is -2.28. The molecule has 3 aliphatic heterocycles. The first kappa shape index (κ1) is 19.2. The van der Waals surface area contributed by atoms with Crippen molar-refractivity contribution in [3.8, 4) is 11.5 Å². The summed E-state index contributed by atoms with van der Waals surface area (Å²) in [5.74, 6) is 2.33. The van der Waals surface area contributed by atoms with Crippen molar-refractivity contribution in [1.82, 2.24) is 0 Å². The van der Waals surface area contributed by atoms with E-state index in [1.165, 1.54) is 41.7 Å². The van der Waals surface area contributed by atoms with Crippen LogP contribution >= 0.6 is 23.1 Å². The number of ether oxygens (including phenoxy) is 3. The smallest absolute Gasteiger partial charge is 0.268 e. The summed E-state index contributed by atoms with van der Waals surface area (Å²) >= 11 is 3.81. The van der Waals surface area contributed by atoms with E-state index in [9.17, 15) is 0 Å². The summed E-state index contributed by atoms with van der Waals surface area (Å²) in [4.78, 5) is 2.85. The number of aromatic nitrogens is 1.